The quantitative estimate of drug-likeness (QED) is 0.301. The van der Waals surface area contributed by atoms with Crippen LogP contribution < -0.4 is 5.32 Å². The first kappa shape index (κ1) is 6.76. The van der Waals surface area contributed by atoms with Gasteiger partial charge in [-0.05, 0) is 7.05 Å². The number of halogens is 2. The Morgan fingerprint density at radius 3 is 1.83 bits per heavy atom. The lowest BCUT2D eigenvalue weighted by Crippen LogP contribution is -2.30. The maximum Gasteiger partial charge on any atom is 0.143 e. The van der Waals surface area contributed by atoms with E-state index in [-0.39, 0.29) is 0 Å². The van der Waals surface area contributed by atoms with Gasteiger partial charge < -0.3 is 0 Å². The summed E-state index contributed by atoms with van der Waals surface area (Å²) in [4.78, 5) is 0. The van der Waals surface area contributed by atoms with Crippen molar-refractivity contribution in [2.45, 2.75) is 4.08 Å². The van der Waals surface area contributed by atoms with E-state index < -0.39 is 4.08 Å². The molecule has 0 atom stereocenters. The molecule has 0 aliphatic rings. The molecule has 4 heteroatoms. The Balaban J connectivity index is 3.17. The summed E-state index contributed by atoms with van der Waals surface area (Å²) in [6.07, 6.45) is 0. The van der Waals surface area contributed by atoms with Crippen LogP contribution in [0.4, 0.5) is 0 Å². The summed E-state index contributed by atoms with van der Waals surface area (Å²) < 4.78 is -0.625. The molecule has 0 rings (SSSR count). The molecule has 1 N–H and O–H groups in total. The van der Waals surface area contributed by atoms with Crippen LogP contribution in [-0.2, 0) is 0 Å². The summed E-state index contributed by atoms with van der Waals surface area (Å²) in [6.45, 7) is 0. The second-order valence-electron chi connectivity index (χ2n) is 1.14. The van der Waals surface area contributed by atoms with Crippen molar-refractivity contribution >= 4 is 33.4 Å². The fourth-order valence-corrected chi connectivity index (χ4v) is 0. The zero-order valence-corrected chi connectivity index (χ0v) is 7.27. The molecule has 0 heterocycles. The number of alkyl halides is 2. The third-order valence-electron chi connectivity index (χ3n) is 0.439. The SMILES string of the molecule is CNC([SiH3])(Cl)Cl. The smallest absolute Gasteiger partial charge is 0.143 e. The molecule has 0 saturated heterocycles. The molecule has 0 bridgehead atoms. The van der Waals surface area contributed by atoms with Crippen molar-refractivity contribution in [3.05, 3.63) is 0 Å². The summed E-state index contributed by atoms with van der Waals surface area (Å²) in [5.41, 5.74) is 0. The highest BCUT2D eigenvalue weighted by atomic mass is 35.5. The first-order valence-electron chi connectivity index (χ1n) is 1.63. The molecule has 1 nitrogen and oxygen atoms in total. The van der Waals surface area contributed by atoms with Crippen molar-refractivity contribution in [1.82, 2.24) is 5.32 Å². The monoisotopic (exact) mass is 143 g/mol. The average Bonchev–Trinajstić information content (AvgIpc) is 1.35. The zero-order valence-electron chi connectivity index (χ0n) is 3.76. The van der Waals surface area contributed by atoms with E-state index in [0.717, 1.165) is 10.2 Å². The van der Waals surface area contributed by atoms with Gasteiger partial charge in [0.25, 0.3) is 0 Å². The highest BCUT2D eigenvalue weighted by molar-refractivity contribution is 6.64. The van der Waals surface area contributed by atoms with Crippen LogP contribution in [0.15, 0.2) is 0 Å². The van der Waals surface area contributed by atoms with E-state index in [1.165, 1.54) is 0 Å². The molecule has 0 aromatic carbocycles. The summed E-state index contributed by atoms with van der Waals surface area (Å²) >= 11 is 10.9. The molecule has 6 heavy (non-hydrogen) atoms. The van der Waals surface area contributed by atoms with Gasteiger partial charge in [-0.15, -0.1) is 0 Å². The molecule has 0 amide bonds. The Kier molecular flexibility index (Phi) is 2.44. The minimum absolute atomic E-state index is 0.625. The molecule has 38 valence electrons. The minimum Gasteiger partial charge on any atom is -0.293 e. The normalized spacial score (nSPS) is 12.5. The van der Waals surface area contributed by atoms with Gasteiger partial charge in [0, 0.05) is 0 Å². The largest absolute Gasteiger partial charge is 0.293 e. The lowest BCUT2D eigenvalue weighted by atomic mass is 11.2. The van der Waals surface area contributed by atoms with E-state index in [2.05, 4.69) is 5.32 Å². The summed E-state index contributed by atoms with van der Waals surface area (Å²) in [5.74, 6) is 0. The van der Waals surface area contributed by atoms with Gasteiger partial charge in [-0.1, -0.05) is 23.2 Å². The van der Waals surface area contributed by atoms with E-state index in [0.29, 0.717) is 0 Å². The summed E-state index contributed by atoms with van der Waals surface area (Å²) in [5, 5.41) is 2.70. The Labute approximate surface area is 50.4 Å². The van der Waals surface area contributed by atoms with Gasteiger partial charge in [0.05, 0.1) is 10.2 Å². The van der Waals surface area contributed by atoms with Gasteiger partial charge in [-0.3, -0.25) is 5.32 Å². The highest BCUT2D eigenvalue weighted by Crippen LogP contribution is 2.08. The minimum atomic E-state index is -0.625. The number of hydrogen-bond donors (Lipinski definition) is 1. The Morgan fingerprint density at radius 2 is 1.83 bits per heavy atom. The van der Waals surface area contributed by atoms with Crippen LogP contribution in [-0.4, -0.2) is 21.4 Å². The third kappa shape index (κ3) is 4.76. The molecule has 0 fully saturated rings. The fourth-order valence-electron chi connectivity index (χ4n) is 0. The lowest BCUT2D eigenvalue weighted by molar-refractivity contribution is 0.858. The second-order valence-corrected chi connectivity index (χ2v) is 5.61. The van der Waals surface area contributed by atoms with Crippen LogP contribution in [0.25, 0.3) is 0 Å². The molecule has 0 saturated carbocycles. The van der Waals surface area contributed by atoms with E-state index >= 15 is 0 Å². The molecule has 0 radical (unpaired) electrons. The Morgan fingerprint density at radius 1 is 1.67 bits per heavy atom. The summed E-state index contributed by atoms with van der Waals surface area (Å²) in [6, 6.07) is 0. The molecule has 0 aromatic heterocycles. The van der Waals surface area contributed by atoms with Crippen LogP contribution in [0, 0.1) is 0 Å². The summed E-state index contributed by atoms with van der Waals surface area (Å²) in [7, 11) is 2.48. The maximum absolute atomic E-state index is 5.43. The predicted octanol–water partition coefficient (Wildman–Crippen LogP) is -0.340. The van der Waals surface area contributed by atoms with E-state index in [1.807, 2.05) is 0 Å². The van der Waals surface area contributed by atoms with Gasteiger partial charge in [-0.25, -0.2) is 0 Å². The van der Waals surface area contributed by atoms with Crippen molar-refractivity contribution in [1.29, 1.82) is 0 Å². The standard InChI is InChI=1S/C2H7Cl2NSi/c1-5-2(3,4)6/h5H,1,6H3. The number of hydrogen-bond acceptors (Lipinski definition) is 1. The third-order valence-corrected chi connectivity index (χ3v) is 1.32. The van der Waals surface area contributed by atoms with Gasteiger partial charge in [-0.2, -0.15) is 0 Å². The van der Waals surface area contributed by atoms with Crippen LogP contribution in [0.5, 0.6) is 0 Å². The molecule has 0 spiro atoms. The second kappa shape index (κ2) is 2.16. The predicted molar refractivity (Wildman–Crippen MR) is 33.4 cm³/mol. The van der Waals surface area contributed by atoms with Crippen molar-refractivity contribution in [2.24, 2.45) is 0 Å². The van der Waals surface area contributed by atoms with E-state index in [9.17, 15) is 0 Å². The van der Waals surface area contributed by atoms with Crippen LogP contribution in [0.3, 0.4) is 0 Å². The molecule has 0 aliphatic carbocycles. The lowest BCUT2D eigenvalue weighted by Gasteiger charge is -2.08. The maximum atomic E-state index is 5.43. The molecule has 0 aliphatic heterocycles. The van der Waals surface area contributed by atoms with E-state index in [4.69, 9.17) is 23.2 Å². The van der Waals surface area contributed by atoms with Gasteiger partial charge in [0.2, 0.25) is 0 Å². The molecule has 0 aromatic rings. The van der Waals surface area contributed by atoms with Crippen molar-refractivity contribution < 1.29 is 0 Å². The average molecular weight is 144 g/mol. The van der Waals surface area contributed by atoms with E-state index in [1.54, 1.807) is 7.05 Å². The number of nitrogens with one attached hydrogen (secondary N) is 1. The molecule has 0 unspecified atom stereocenters. The van der Waals surface area contributed by atoms with Gasteiger partial charge >= 0.3 is 0 Å². The Hall–Kier alpha value is 0.757. The molecular weight excluding hydrogens is 137 g/mol. The van der Waals surface area contributed by atoms with Crippen LogP contribution >= 0.6 is 23.2 Å². The Bertz CT molecular complexity index is 41.3. The molecular formula is C2H7Cl2NSi. The first-order valence-corrected chi connectivity index (χ1v) is 3.38. The van der Waals surface area contributed by atoms with Crippen LogP contribution in [0.1, 0.15) is 0 Å². The van der Waals surface area contributed by atoms with Crippen molar-refractivity contribution in [2.75, 3.05) is 7.05 Å². The van der Waals surface area contributed by atoms with Crippen LogP contribution in [0.2, 0.25) is 0 Å². The van der Waals surface area contributed by atoms with Gasteiger partial charge in [0.1, 0.15) is 4.08 Å². The zero-order chi connectivity index (χ0) is 5.21. The van der Waals surface area contributed by atoms with Crippen molar-refractivity contribution in [3.8, 4) is 0 Å². The fraction of sp³-hybridized carbons (Fsp3) is 1.00. The van der Waals surface area contributed by atoms with Crippen molar-refractivity contribution in [3.63, 3.8) is 0 Å². The first-order chi connectivity index (χ1) is 2.56. The topological polar surface area (TPSA) is 12.0 Å². The number of rotatable bonds is 1. The van der Waals surface area contributed by atoms with Gasteiger partial charge in [0.15, 0.2) is 0 Å². The highest BCUT2D eigenvalue weighted by Gasteiger charge is 2.09.